The molecule has 20 heavy (non-hydrogen) atoms. The van der Waals surface area contributed by atoms with Crippen LogP contribution in [0.4, 0.5) is 0 Å². The van der Waals surface area contributed by atoms with E-state index in [1.54, 1.807) is 25.7 Å². The second-order valence-electron chi connectivity index (χ2n) is 4.45. The van der Waals surface area contributed by atoms with E-state index in [1.165, 1.54) is 6.92 Å². The molecule has 1 amide bonds. The summed E-state index contributed by atoms with van der Waals surface area (Å²) in [6.45, 7) is 3.20. The summed E-state index contributed by atoms with van der Waals surface area (Å²) in [7, 11) is 1.72. The SMILES string of the molecule is CCC(=O)C(CCSCC(NC)C(=O)CN)NC(C)=O. The van der Waals surface area contributed by atoms with Gasteiger partial charge in [0.15, 0.2) is 11.6 Å². The van der Waals surface area contributed by atoms with Gasteiger partial charge in [0.2, 0.25) is 5.91 Å². The minimum atomic E-state index is -0.428. The molecule has 0 rings (SSSR count). The predicted molar refractivity (Wildman–Crippen MR) is 81.8 cm³/mol. The van der Waals surface area contributed by atoms with Crippen LogP contribution in [0.25, 0.3) is 0 Å². The molecule has 116 valence electrons. The predicted octanol–water partition coefficient (Wildman–Crippen LogP) is -0.291. The summed E-state index contributed by atoms with van der Waals surface area (Å²) < 4.78 is 0. The van der Waals surface area contributed by atoms with Crippen LogP contribution >= 0.6 is 11.8 Å². The first-order chi connectivity index (χ1) is 9.46. The minimum absolute atomic E-state index is 0.0227. The Morgan fingerprint density at radius 3 is 2.30 bits per heavy atom. The van der Waals surface area contributed by atoms with Crippen LogP contribution < -0.4 is 16.4 Å². The molecule has 0 aliphatic rings. The lowest BCUT2D eigenvalue weighted by Gasteiger charge is -2.17. The number of hydrogen-bond acceptors (Lipinski definition) is 6. The molecule has 0 bridgehead atoms. The Morgan fingerprint density at radius 1 is 1.20 bits per heavy atom. The van der Waals surface area contributed by atoms with Gasteiger partial charge in [-0.3, -0.25) is 14.4 Å². The zero-order valence-corrected chi connectivity index (χ0v) is 13.2. The Kier molecular flexibility index (Phi) is 10.3. The van der Waals surface area contributed by atoms with Gasteiger partial charge in [0.05, 0.1) is 18.6 Å². The van der Waals surface area contributed by atoms with Crippen LogP contribution in [0.1, 0.15) is 26.7 Å². The molecule has 0 spiro atoms. The number of hydrogen-bond donors (Lipinski definition) is 3. The zero-order chi connectivity index (χ0) is 15.5. The zero-order valence-electron chi connectivity index (χ0n) is 12.4. The van der Waals surface area contributed by atoms with E-state index < -0.39 is 6.04 Å². The Hall–Kier alpha value is -0.920. The molecule has 0 aromatic rings. The van der Waals surface area contributed by atoms with Crippen LogP contribution in [0.5, 0.6) is 0 Å². The first kappa shape index (κ1) is 19.1. The highest BCUT2D eigenvalue weighted by atomic mass is 32.2. The van der Waals surface area contributed by atoms with Crippen molar-refractivity contribution in [1.82, 2.24) is 10.6 Å². The second kappa shape index (κ2) is 10.8. The molecule has 0 saturated heterocycles. The summed E-state index contributed by atoms with van der Waals surface area (Å²) in [5.74, 6) is 1.12. The van der Waals surface area contributed by atoms with Gasteiger partial charge >= 0.3 is 0 Å². The number of amides is 1. The number of rotatable bonds is 11. The van der Waals surface area contributed by atoms with E-state index in [2.05, 4.69) is 10.6 Å². The second-order valence-corrected chi connectivity index (χ2v) is 5.60. The third-order valence-electron chi connectivity index (χ3n) is 2.89. The fourth-order valence-corrected chi connectivity index (χ4v) is 2.84. The molecular weight excluding hydrogens is 278 g/mol. The van der Waals surface area contributed by atoms with Crippen LogP contribution in [0.15, 0.2) is 0 Å². The van der Waals surface area contributed by atoms with Gasteiger partial charge < -0.3 is 16.4 Å². The fraction of sp³-hybridized carbons (Fsp3) is 0.769. The van der Waals surface area contributed by atoms with Crippen LogP contribution in [0.2, 0.25) is 0 Å². The molecule has 0 radical (unpaired) electrons. The summed E-state index contributed by atoms with van der Waals surface area (Å²) in [5.41, 5.74) is 5.32. The maximum absolute atomic E-state index is 11.7. The average Bonchev–Trinajstić information content (AvgIpc) is 2.44. The number of Topliss-reactive ketones (excluding diaryl/α,β-unsaturated/α-hetero) is 2. The van der Waals surface area contributed by atoms with Gasteiger partial charge in [-0.2, -0.15) is 11.8 Å². The van der Waals surface area contributed by atoms with Crippen molar-refractivity contribution >= 4 is 29.2 Å². The van der Waals surface area contributed by atoms with E-state index >= 15 is 0 Å². The van der Waals surface area contributed by atoms with Crippen LogP contribution in [0.3, 0.4) is 0 Å². The van der Waals surface area contributed by atoms with E-state index in [0.29, 0.717) is 24.3 Å². The molecule has 2 atom stereocenters. The molecule has 0 aliphatic carbocycles. The van der Waals surface area contributed by atoms with Crippen molar-refractivity contribution in [2.75, 3.05) is 25.1 Å². The highest BCUT2D eigenvalue weighted by molar-refractivity contribution is 7.99. The molecule has 0 heterocycles. The van der Waals surface area contributed by atoms with Crippen LogP contribution in [0, 0.1) is 0 Å². The van der Waals surface area contributed by atoms with Crippen molar-refractivity contribution in [2.24, 2.45) is 5.73 Å². The van der Waals surface area contributed by atoms with Crippen LogP contribution in [-0.2, 0) is 14.4 Å². The van der Waals surface area contributed by atoms with E-state index in [0.717, 1.165) is 0 Å². The number of carbonyl (C=O) groups is 3. The van der Waals surface area contributed by atoms with E-state index in [4.69, 9.17) is 5.73 Å². The summed E-state index contributed by atoms with van der Waals surface area (Å²) in [6, 6.07) is -0.686. The Labute approximate surface area is 124 Å². The molecular formula is C13H25N3O3S. The smallest absolute Gasteiger partial charge is 0.217 e. The molecule has 4 N–H and O–H groups in total. The standard InChI is InChI=1S/C13H25N3O3S/c1-4-12(18)10(16-9(2)17)5-6-20-8-11(15-3)13(19)7-14/h10-11,15H,4-8,14H2,1-3H3,(H,16,17). The number of ketones is 2. The van der Waals surface area contributed by atoms with Gasteiger partial charge in [-0.05, 0) is 19.2 Å². The molecule has 0 fully saturated rings. The van der Waals surface area contributed by atoms with Crippen molar-refractivity contribution in [3.05, 3.63) is 0 Å². The lowest BCUT2D eigenvalue weighted by molar-refractivity contribution is -0.126. The number of nitrogens with one attached hydrogen (secondary N) is 2. The number of likely N-dealkylation sites (N-methyl/N-ethyl adjacent to an activating group) is 1. The van der Waals surface area contributed by atoms with Crippen molar-refractivity contribution in [1.29, 1.82) is 0 Å². The largest absolute Gasteiger partial charge is 0.347 e. The first-order valence-electron chi connectivity index (χ1n) is 6.73. The van der Waals surface area contributed by atoms with Gasteiger partial charge in [0.25, 0.3) is 0 Å². The van der Waals surface area contributed by atoms with Crippen molar-refractivity contribution in [3.8, 4) is 0 Å². The summed E-state index contributed by atoms with van der Waals surface area (Å²) in [5, 5.41) is 5.58. The fourth-order valence-electron chi connectivity index (χ4n) is 1.69. The number of thioether (sulfide) groups is 1. The number of carbonyl (C=O) groups excluding carboxylic acids is 3. The van der Waals surface area contributed by atoms with E-state index in [-0.39, 0.29) is 30.1 Å². The average molecular weight is 303 g/mol. The van der Waals surface area contributed by atoms with Gasteiger partial charge in [-0.15, -0.1) is 0 Å². The quantitative estimate of drug-likeness (QED) is 0.453. The summed E-state index contributed by atoms with van der Waals surface area (Å²) in [4.78, 5) is 34.2. The van der Waals surface area contributed by atoms with Crippen molar-refractivity contribution in [2.45, 2.75) is 38.8 Å². The lowest BCUT2D eigenvalue weighted by atomic mass is 10.1. The lowest BCUT2D eigenvalue weighted by Crippen LogP contribution is -2.41. The highest BCUT2D eigenvalue weighted by Crippen LogP contribution is 2.09. The molecule has 0 aliphatic heterocycles. The minimum Gasteiger partial charge on any atom is -0.347 e. The Bertz CT molecular complexity index is 337. The third kappa shape index (κ3) is 7.62. The molecule has 6 nitrogen and oxygen atoms in total. The molecule has 0 saturated carbocycles. The molecule has 0 aromatic carbocycles. The number of nitrogens with two attached hydrogens (primary N) is 1. The van der Waals surface area contributed by atoms with E-state index in [1.807, 2.05) is 0 Å². The Morgan fingerprint density at radius 2 is 1.85 bits per heavy atom. The maximum atomic E-state index is 11.7. The molecule has 7 heteroatoms. The summed E-state index contributed by atoms with van der Waals surface area (Å²) >= 11 is 1.57. The Balaban J connectivity index is 4.13. The highest BCUT2D eigenvalue weighted by Gasteiger charge is 2.18. The van der Waals surface area contributed by atoms with Crippen molar-refractivity contribution < 1.29 is 14.4 Å². The van der Waals surface area contributed by atoms with Crippen LogP contribution in [-0.4, -0.2) is 54.7 Å². The van der Waals surface area contributed by atoms with Gasteiger partial charge in [-0.1, -0.05) is 6.92 Å². The molecule has 0 aromatic heterocycles. The normalized spacial score (nSPS) is 13.6. The first-order valence-corrected chi connectivity index (χ1v) is 7.89. The topological polar surface area (TPSA) is 101 Å². The summed E-state index contributed by atoms with van der Waals surface area (Å²) in [6.07, 6.45) is 0.977. The maximum Gasteiger partial charge on any atom is 0.217 e. The van der Waals surface area contributed by atoms with E-state index in [9.17, 15) is 14.4 Å². The molecule has 2 unspecified atom stereocenters. The third-order valence-corrected chi connectivity index (χ3v) is 3.98. The van der Waals surface area contributed by atoms with Crippen molar-refractivity contribution in [3.63, 3.8) is 0 Å². The monoisotopic (exact) mass is 303 g/mol. The van der Waals surface area contributed by atoms with Gasteiger partial charge in [0.1, 0.15) is 0 Å². The van der Waals surface area contributed by atoms with Gasteiger partial charge in [-0.25, -0.2) is 0 Å². The van der Waals surface area contributed by atoms with Gasteiger partial charge in [0, 0.05) is 19.1 Å².